The monoisotopic (exact) mass is 264 g/mol. The van der Waals surface area contributed by atoms with Crippen LogP contribution in [0.4, 0.5) is 0 Å². The van der Waals surface area contributed by atoms with E-state index < -0.39 is 17.5 Å². The second-order valence-electron chi connectivity index (χ2n) is 6.51. The summed E-state index contributed by atoms with van der Waals surface area (Å²) in [5.74, 6) is -1.60. The van der Waals surface area contributed by atoms with Gasteiger partial charge in [-0.2, -0.15) is 0 Å². The zero-order valence-corrected chi connectivity index (χ0v) is 12.6. The minimum absolute atomic E-state index is 0.0845. The highest BCUT2D eigenvalue weighted by Gasteiger charge is 2.42. The van der Waals surface area contributed by atoms with E-state index in [9.17, 15) is 15.0 Å². The van der Waals surface area contributed by atoms with Crippen LogP contribution in [0.3, 0.4) is 0 Å². The summed E-state index contributed by atoms with van der Waals surface area (Å²) in [6.07, 6.45) is 0. The number of benzene rings is 1. The molecule has 1 rings (SSSR count). The van der Waals surface area contributed by atoms with Gasteiger partial charge in [-0.15, -0.1) is 0 Å². The van der Waals surface area contributed by atoms with E-state index in [1.54, 1.807) is 13.8 Å². The van der Waals surface area contributed by atoms with E-state index in [-0.39, 0.29) is 5.41 Å². The number of aliphatic carboxylic acids is 1. The van der Waals surface area contributed by atoms with Gasteiger partial charge in [0, 0.05) is 0 Å². The molecule has 0 aliphatic rings. The standard InChI is InChI=1S/C16H24O3/c1-10(2)16(19,14(17)18)13-9-12(15(4,5)6)8-7-11(13)3/h7-10,19H,1-6H3,(H,17,18). The fourth-order valence-corrected chi connectivity index (χ4v) is 2.17. The van der Waals surface area contributed by atoms with Crippen molar-refractivity contribution in [1.29, 1.82) is 0 Å². The van der Waals surface area contributed by atoms with Gasteiger partial charge in [-0.1, -0.05) is 52.8 Å². The van der Waals surface area contributed by atoms with Gasteiger partial charge in [0.2, 0.25) is 0 Å². The van der Waals surface area contributed by atoms with E-state index in [1.807, 2.05) is 25.1 Å². The number of carboxylic acids is 1. The maximum Gasteiger partial charge on any atom is 0.340 e. The molecule has 19 heavy (non-hydrogen) atoms. The maximum atomic E-state index is 11.5. The molecule has 2 N–H and O–H groups in total. The van der Waals surface area contributed by atoms with Gasteiger partial charge in [-0.3, -0.25) is 0 Å². The molecule has 0 saturated heterocycles. The molecule has 0 radical (unpaired) electrons. The van der Waals surface area contributed by atoms with Gasteiger partial charge in [0.1, 0.15) is 0 Å². The average Bonchev–Trinajstić information content (AvgIpc) is 2.26. The van der Waals surface area contributed by atoms with Crippen LogP contribution in [0.2, 0.25) is 0 Å². The summed E-state index contributed by atoms with van der Waals surface area (Å²) >= 11 is 0. The summed E-state index contributed by atoms with van der Waals surface area (Å²) < 4.78 is 0. The van der Waals surface area contributed by atoms with E-state index >= 15 is 0 Å². The molecule has 1 aromatic carbocycles. The van der Waals surface area contributed by atoms with Gasteiger partial charge >= 0.3 is 5.97 Å². The molecule has 3 heteroatoms. The molecular weight excluding hydrogens is 240 g/mol. The van der Waals surface area contributed by atoms with Crippen LogP contribution in [0.15, 0.2) is 18.2 Å². The molecular formula is C16H24O3. The smallest absolute Gasteiger partial charge is 0.340 e. The molecule has 106 valence electrons. The normalized spacial score (nSPS) is 15.4. The third kappa shape index (κ3) is 2.81. The lowest BCUT2D eigenvalue weighted by molar-refractivity contribution is -0.165. The summed E-state index contributed by atoms with van der Waals surface area (Å²) in [6, 6.07) is 5.69. The predicted octanol–water partition coefficient (Wildman–Crippen LogP) is 3.22. The van der Waals surface area contributed by atoms with Gasteiger partial charge < -0.3 is 10.2 Å². The van der Waals surface area contributed by atoms with Gasteiger partial charge in [-0.25, -0.2) is 4.79 Å². The largest absolute Gasteiger partial charge is 0.479 e. The number of hydrogen-bond donors (Lipinski definition) is 2. The second-order valence-corrected chi connectivity index (χ2v) is 6.51. The molecule has 0 aliphatic heterocycles. The molecule has 0 aliphatic carbocycles. The summed E-state index contributed by atoms with van der Waals surface area (Å²) in [7, 11) is 0. The van der Waals surface area contributed by atoms with Gasteiger partial charge in [0.05, 0.1) is 0 Å². The molecule has 3 nitrogen and oxygen atoms in total. The minimum Gasteiger partial charge on any atom is -0.479 e. The Labute approximate surface area is 115 Å². The zero-order chi connectivity index (χ0) is 15.0. The first-order valence-corrected chi connectivity index (χ1v) is 6.58. The first-order chi connectivity index (χ1) is 8.51. The first-order valence-electron chi connectivity index (χ1n) is 6.58. The van der Waals surface area contributed by atoms with Crippen LogP contribution in [-0.2, 0) is 15.8 Å². The summed E-state index contributed by atoms with van der Waals surface area (Å²) in [5, 5.41) is 20.0. The Hall–Kier alpha value is -1.35. The molecule has 1 aromatic rings. The van der Waals surface area contributed by atoms with Crippen LogP contribution in [-0.4, -0.2) is 16.2 Å². The van der Waals surface area contributed by atoms with Crippen LogP contribution in [0.25, 0.3) is 0 Å². The summed E-state index contributed by atoms with van der Waals surface area (Å²) in [5.41, 5.74) is 0.381. The third-order valence-corrected chi connectivity index (χ3v) is 3.68. The molecule has 0 amide bonds. The highest BCUT2D eigenvalue weighted by molar-refractivity contribution is 5.80. The Morgan fingerprint density at radius 3 is 2.11 bits per heavy atom. The summed E-state index contributed by atoms with van der Waals surface area (Å²) in [4.78, 5) is 11.5. The number of rotatable bonds is 3. The Bertz CT molecular complexity index is 483. The molecule has 0 heterocycles. The van der Waals surface area contributed by atoms with E-state index in [0.29, 0.717) is 5.56 Å². The van der Waals surface area contributed by atoms with Crippen molar-refractivity contribution >= 4 is 5.97 Å². The maximum absolute atomic E-state index is 11.5. The zero-order valence-electron chi connectivity index (χ0n) is 12.6. The second kappa shape index (κ2) is 4.97. The number of aryl methyl sites for hydroxylation is 1. The molecule has 0 spiro atoms. The quantitative estimate of drug-likeness (QED) is 0.881. The Morgan fingerprint density at radius 2 is 1.74 bits per heavy atom. The van der Waals surface area contributed by atoms with Gasteiger partial charge in [-0.05, 0) is 34.9 Å². The highest BCUT2D eigenvalue weighted by atomic mass is 16.4. The predicted molar refractivity (Wildman–Crippen MR) is 76.2 cm³/mol. The van der Waals surface area contributed by atoms with Crippen molar-refractivity contribution in [3.8, 4) is 0 Å². The topological polar surface area (TPSA) is 57.5 Å². The van der Waals surface area contributed by atoms with Crippen LogP contribution < -0.4 is 0 Å². The van der Waals surface area contributed by atoms with Crippen LogP contribution in [0.5, 0.6) is 0 Å². The van der Waals surface area contributed by atoms with Gasteiger partial charge in [0.15, 0.2) is 5.60 Å². The van der Waals surface area contributed by atoms with Crippen molar-refractivity contribution in [2.75, 3.05) is 0 Å². The molecule has 0 saturated carbocycles. The number of aliphatic hydroxyl groups is 1. The number of hydrogen-bond acceptors (Lipinski definition) is 2. The molecule has 1 atom stereocenters. The number of carbonyl (C=O) groups is 1. The summed E-state index contributed by atoms with van der Waals surface area (Å²) in [6.45, 7) is 11.5. The molecule has 0 fully saturated rings. The SMILES string of the molecule is Cc1ccc(C(C)(C)C)cc1C(O)(C(=O)O)C(C)C. The van der Waals surface area contributed by atoms with Crippen LogP contribution >= 0.6 is 0 Å². The van der Waals surface area contributed by atoms with Crippen molar-refractivity contribution in [2.24, 2.45) is 5.92 Å². The van der Waals surface area contributed by atoms with Crippen molar-refractivity contribution in [3.63, 3.8) is 0 Å². The fraction of sp³-hybridized carbons (Fsp3) is 0.562. The minimum atomic E-state index is -1.84. The van der Waals surface area contributed by atoms with Crippen molar-refractivity contribution < 1.29 is 15.0 Å². The fourth-order valence-electron chi connectivity index (χ4n) is 2.17. The lowest BCUT2D eigenvalue weighted by Gasteiger charge is -2.31. The lowest BCUT2D eigenvalue weighted by atomic mass is 9.77. The van der Waals surface area contributed by atoms with Crippen molar-refractivity contribution in [2.45, 2.75) is 52.6 Å². The molecule has 0 aromatic heterocycles. The Balaban J connectivity index is 3.52. The number of carboxylic acid groups (broad SMARTS) is 1. The molecule has 0 bridgehead atoms. The van der Waals surface area contributed by atoms with E-state index in [0.717, 1.165) is 11.1 Å². The Kier molecular flexibility index (Phi) is 4.11. The Morgan fingerprint density at radius 1 is 1.21 bits per heavy atom. The first kappa shape index (κ1) is 15.7. The van der Waals surface area contributed by atoms with Crippen molar-refractivity contribution in [3.05, 3.63) is 34.9 Å². The lowest BCUT2D eigenvalue weighted by Crippen LogP contribution is -2.41. The third-order valence-electron chi connectivity index (χ3n) is 3.68. The van der Waals surface area contributed by atoms with E-state index in [1.165, 1.54) is 0 Å². The van der Waals surface area contributed by atoms with E-state index in [4.69, 9.17) is 0 Å². The average molecular weight is 264 g/mol. The molecule has 1 unspecified atom stereocenters. The highest BCUT2D eigenvalue weighted by Crippen LogP contribution is 2.35. The van der Waals surface area contributed by atoms with Crippen LogP contribution in [0.1, 0.15) is 51.3 Å². The van der Waals surface area contributed by atoms with Crippen molar-refractivity contribution in [1.82, 2.24) is 0 Å². The van der Waals surface area contributed by atoms with E-state index in [2.05, 4.69) is 20.8 Å². The van der Waals surface area contributed by atoms with Gasteiger partial charge in [0.25, 0.3) is 0 Å². The van der Waals surface area contributed by atoms with Crippen LogP contribution in [0, 0.1) is 12.8 Å².